The highest BCUT2D eigenvalue weighted by atomic mass is 31.2. The third-order valence-electron chi connectivity index (χ3n) is 4.70. The van der Waals surface area contributed by atoms with Gasteiger partial charge >= 0.3 is 7.37 Å². The molecule has 1 unspecified atom stereocenters. The molecule has 0 saturated heterocycles. The van der Waals surface area contributed by atoms with Crippen molar-refractivity contribution in [1.82, 2.24) is 0 Å². The summed E-state index contributed by atoms with van der Waals surface area (Å²) in [6.45, 7) is 12.1. The van der Waals surface area contributed by atoms with Gasteiger partial charge in [0, 0.05) is 11.1 Å². The number of aliphatic hydroxyl groups is 1. The molecule has 0 amide bonds. The van der Waals surface area contributed by atoms with Crippen LogP contribution in [0.2, 0.25) is 0 Å². The molecule has 1 N–H and O–H groups in total. The van der Waals surface area contributed by atoms with E-state index in [0.29, 0.717) is 22.3 Å². The van der Waals surface area contributed by atoms with Gasteiger partial charge in [-0.3, -0.25) is 14.2 Å². The SMILES string of the molecule is CC=C(C)C(C(=O)P(=O)(OCCOCCO)C(=O)c1c(C)cc(C)cc1C)=C(C)C. The van der Waals surface area contributed by atoms with Gasteiger partial charge in [-0.2, -0.15) is 0 Å². The molecular weight excluding hydrogens is 403 g/mol. The molecule has 0 aliphatic heterocycles. The van der Waals surface area contributed by atoms with E-state index in [9.17, 15) is 14.2 Å². The van der Waals surface area contributed by atoms with Gasteiger partial charge < -0.3 is 14.4 Å². The van der Waals surface area contributed by atoms with Crippen molar-refractivity contribution >= 4 is 18.4 Å². The van der Waals surface area contributed by atoms with Crippen LogP contribution in [0.5, 0.6) is 0 Å². The maximum absolute atomic E-state index is 13.9. The van der Waals surface area contributed by atoms with Gasteiger partial charge in [-0.25, -0.2) is 0 Å². The molecule has 1 rings (SSSR count). The predicted molar refractivity (Wildman–Crippen MR) is 119 cm³/mol. The molecule has 1 aromatic rings. The molecule has 30 heavy (non-hydrogen) atoms. The Hall–Kier alpha value is -1.85. The van der Waals surface area contributed by atoms with E-state index < -0.39 is 18.4 Å². The number of rotatable bonds is 11. The van der Waals surface area contributed by atoms with Gasteiger partial charge in [-0.05, 0) is 65.2 Å². The lowest BCUT2D eigenvalue weighted by molar-refractivity contribution is -0.109. The van der Waals surface area contributed by atoms with Crippen molar-refractivity contribution in [1.29, 1.82) is 0 Å². The summed E-state index contributed by atoms with van der Waals surface area (Å²) in [4.78, 5) is 26.9. The third-order valence-corrected chi connectivity index (χ3v) is 6.77. The Kier molecular flexibility index (Phi) is 10.1. The third kappa shape index (κ3) is 6.08. The fourth-order valence-corrected chi connectivity index (χ4v) is 5.43. The van der Waals surface area contributed by atoms with Crippen LogP contribution in [0.1, 0.15) is 54.7 Å². The largest absolute Gasteiger partial charge is 0.394 e. The molecular formula is C23H33O6P. The lowest BCUT2D eigenvalue weighted by Crippen LogP contribution is -2.19. The number of benzene rings is 1. The Morgan fingerprint density at radius 1 is 1.03 bits per heavy atom. The van der Waals surface area contributed by atoms with Gasteiger partial charge in [-0.1, -0.05) is 29.3 Å². The smallest absolute Gasteiger partial charge is 0.340 e. The maximum Gasteiger partial charge on any atom is 0.340 e. The van der Waals surface area contributed by atoms with E-state index in [2.05, 4.69) is 0 Å². The highest BCUT2D eigenvalue weighted by molar-refractivity contribution is 7.91. The monoisotopic (exact) mass is 436 g/mol. The minimum Gasteiger partial charge on any atom is -0.394 e. The number of carbonyl (C=O) groups is 2. The Morgan fingerprint density at radius 2 is 1.60 bits per heavy atom. The van der Waals surface area contributed by atoms with Crippen LogP contribution >= 0.6 is 7.37 Å². The van der Waals surface area contributed by atoms with Gasteiger partial charge in [0.05, 0.1) is 26.4 Å². The van der Waals surface area contributed by atoms with Gasteiger partial charge in [0.25, 0.3) is 11.0 Å². The van der Waals surface area contributed by atoms with Crippen LogP contribution in [0.15, 0.2) is 34.9 Å². The van der Waals surface area contributed by atoms with Crippen molar-refractivity contribution in [2.45, 2.75) is 48.5 Å². The van der Waals surface area contributed by atoms with Gasteiger partial charge in [-0.15, -0.1) is 0 Å². The fourth-order valence-electron chi connectivity index (χ4n) is 3.33. The van der Waals surface area contributed by atoms with E-state index in [-0.39, 0.29) is 37.6 Å². The average Bonchev–Trinajstić information content (AvgIpc) is 2.66. The van der Waals surface area contributed by atoms with E-state index in [0.717, 1.165) is 5.56 Å². The lowest BCUT2D eigenvalue weighted by Gasteiger charge is -2.21. The van der Waals surface area contributed by atoms with Crippen molar-refractivity contribution in [3.63, 3.8) is 0 Å². The van der Waals surface area contributed by atoms with Crippen molar-refractivity contribution in [2.24, 2.45) is 0 Å². The lowest BCUT2D eigenvalue weighted by atomic mass is 10.0. The summed E-state index contributed by atoms with van der Waals surface area (Å²) < 4.78 is 24.6. The van der Waals surface area contributed by atoms with Gasteiger partial charge in [0.2, 0.25) is 0 Å². The molecule has 166 valence electrons. The molecule has 0 saturated carbocycles. The highest BCUT2D eigenvalue weighted by Crippen LogP contribution is 2.54. The Labute approximate surface area is 179 Å². The summed E-state index contributed by atoms with van der Waals surface area (Å²) >= 11 is 0. The minimum absolute atomic E-state index is 0.00370. The molecule has 1 aromatic carbocycles. The second-order valence-corrected chi connectivity index (χ2v) is 9.62. The van der Waals surface area contributed by atoms with Crippen LogP contribution < -0.4 is 0 Å². The Morgan fingerprint density at radius 3 is 2.07 bits per heavy atom. The van der Waals surface area contributed by atoms with Crippen molar-refractivity contribution in [3.05, 3.63) is 57.2 Å². The van der Waals surface area contributed by atoms with Gasteiger partial charge in [0.1, 0.15) is 0 Å². The van der Waals surface area contributed by atoms with Gasteiger partial charge in [0.15, 0.2) is 0 Å². The number of hydrogen-bond acceptors (Lipinski definition) is 6. The number of aliphatic hydroxyl groups excluding tert-OH is 1. The highest BCUT2D eigenvalue weighted by Gasteiger charge is 2.45. The van der Waals surface area contributed by atoms with E-state index in [1.807, 2.05) is 19.1 Å². The summed E-state index contributed by atoms with van der Waals surface area (Å²) in [5, 5.41) is 8.81. The van der Waals surface area contributed by atoms with Crippen molar-refractivity contribution in [3.8, 4) is 0 Å². The second kappa shape index (κ2) is 11.5. The number of aryl methyl sites for hydroxylation is 3. The first-order chi connectivity index (χ1) is 14.0. The summed E-state index contributed by atoms with van der Waals surface area (Å²) in [6.07, 6.45) is 1.74. The molecule has 0 bridgehead atoms. The first-order valence-corrected chi connectivity index (χ1v) is 11.5. The summed E-state index contributed by atoms with van der Waals surface area (Å²) in [6, 6.07) is 3.64. The number of allylic oxidation sites excluding steroid dienone is 4. The minimum atomic E-state index is -4.44. The molecule has 0 aliphatic rings. The quantitative estimate of drug-likeness (QED) is 0.230. The van der Waals surface area contributed by atoms with Crippen LogP contribution in [-0.2, 0) is 18.6 Å². The first-order valence-electron chi connectivity index (χ1n) is 9.92. The zero-order valence-electron chi connectivity index (χ0n) is 19.0. The summed E-state index contributed by atoms with van der Waals surface area (Å²) in [5.41, 5.74) is 2.44. The van der Waals surface area contributed by atoms with Crippen LogP contribution in [0.25, 0.3) is 0 Å². The van der Waals surface area contributed by atoms with E-state index in [1.54, 1.807) is 47.6 Å². The van der Waals surface area contributed by atoms with Crippen LogP contribution in [0.3, 0.4) is 0 Å². The molecule has 6 nitrogen and oxygen atoms in total. The number of hydrogen-bond donors (Lipinski definition) is 1. The van der Waals surface area contributed by atoms with Crippen molar-refractivity contribution in [2.75, 3.05) is 26.4 Å². The summed E-state index contributed by atoms with van der Waals surface area (Å²) in [5.74, 6) is 0. The van der Waals surface area contributed by atoms with E-state index >= 15 is 0 Å². The maximum atomic E-state index is 13.9. The fraction of sp³-hybridized carbons (Fsp3) is 0.478. The summed E-state index contributed by atoms with van der Waals surface area (Å²) in [7, 11) is -4.44. The van der Waals surface area contributed by atoms with Crippen LogP contribution in [-0.4, -0.2) is 42.6 Å². The Bertz CT molecular complexity index is 883. The van der Waals surface area contributed by atoms with Crippen LogP contribution in [0, 0.1) is 20.8 Å². The van der Waals surface area contributed by atoms with Crippen molar-refractivity contribution < 1.29 is 28.5 Å². The average molecular weight is 436 g/mol. The Balaban J connectivity index is 3.51. The molecule has 1 atom stereocenters. The second-order valence-electron chi connectivity index (χ2n) is 7.45. The molecule has 0 radical (unpaired) electrons. The zero-order valence-corrected chi connectivity index (χ0v) is 19.9. The van der Waals surface area contributed by atoms with E-state index in [1.165, 1.54) is 0 Å². The van der Waals surface area contributed by atoms with Crippen LogP contribution in [0.4, 0.5) is 0 Å². The van der Waals surface area contributed by atoms with E-state index in [4.69, 9.17) is 14.4 Å². The molecule has 0 aliphatic carbocycles. The standard InChI is InChI=1S/C23H33O6P/c1-8-17(5)20(15(2)3)22(25)30(27,29-12-11-28-10-9-24)23(26)21-18(6)13-16(4)14-19(21)7/h8,13-14,24H,9-12H2,1-7H3. The zero-order chi connectivity index (χ0) is 23.1. The predicted octanol–water partition coefficient (Wildman–Crippen LogP) is 4.88. The number of carbonyl (C=O) groups excluding carboxylic acids is 2. The molecule has 7 heteroatoms. The molecule has 0 spiro atoms. The normalized spacial score (nSPS) is 13.7. The topological polar surface area (TPSA) is 89.9 Å². The number of ether oxygens (including phenoxy) is 1. The molecule has 0 fully saturated rings. The first kappa shape index (κ1) is 26.2. The molecule has 0 aromatic heterocycles. The molecule has 0 heterocycles.